The molecule has 0 aliphatic rings. The standard InChI is InChI=1S/C11H16NO.BrH.Mg/c1-8-6-5-7-9(2)10(8)11(13)12(3)4;;/h5-7,11H,1-4H3;1H;/q-1;;+2/p-1. The van der Waals surface area contributed by atoms with Crippen LogP contribution in [0.15, 0.2) is 18.2 Å². The van der Waals surface area contributed by atoms with Crippen LogP contribution in [0.1, 0.15) is 22.9 Å². The fraction of sp³-hybridized carbons (Fsp3) is 0.455. The smallest absolute Gasteiger partial charge is 1.00 e. The Kier molecular flexibility index (Phi) is 9.03. The van der Waals surface area contributed by atoms with Gasteiger partial charge in [0.15, 0.2) is 0 Å². The molecule has 0 aliphatic carbocycles. The molecule has 0 spiro atoms. The number of benzene rings is 1. The molecule has 2 nitrogen and oxygen atoms in total. The first-order chi connectivity index (χ1) is 6.04. The van der Waals surface area contributed by atoms with Gasteiger partial charge in [-0.05, 0) is 50.9 Å². The van der Waals surface area contributed by atoms with Gasteiger partial charge in [0, 0.05) is 0 Å². The van der Waals surface area contributed by atoms with E-state index in [1.807, 2.05) is 46.1 Å². The molecule has 0 saturated carbocycles. The Morgan fingerprint density at radius 3 is 1.87 bits per heavy atom. The van der Waals surface area contributed by atoms with Crippen molar-refractivity contribution in [3.63, 3.8) is 0 Å². The number of rotatable bonds is 2. The molecule has 1 aromatic rings. The summed E-state index contributed by atoms with van der Waals surface area (Å²) in [5.74, 6) is 0. The summed E-state index contributed by atoms with van der Waals surface area (Å²) in [6, 6.07) is 5.95. The van der Waals surface area contributed by atoms with Gasteiger partial charge in [-0.25, -0.2) is 0 Å². The maximum absolute atomic E-state index is 11.8. The van der Waals surface area contributed by atoms with E-state index in [9.17, 15) is 5.11 Å². The van der Waals surface area contributed by atoms with Gasteiger partial charge in [0.2, 0.25) is 0 Å². The first-order valence-electron chi connectivity index (χ1n) is 4.42. The van der Waals surface area contributed by atoms with Crippen LogP contribution >= 0.6 is 0 Å². The normalized spacial score (nSPS) is 11.6. The van der Waals surface area contributed by atoms with E-state index < -0.39 is 6.23 Å². The zero-order chi connectivity index (χ0) is 10.0. The van der Waals surface area contributed by atoms with Crippen molar-refractivity contribution < 1.29 is 22.1 Å². The first kappa shape index (κ1) is 17.8. The minimum Gasteiger partial charge on any atom is -1.00 e. The quantitative estimate of drug-likeness (QED) is 0.457. The maximum atomic E-state index is 11.8. The third-order valence-electron chi connectivity index (χ3n) is 2.26. The number of nitrogens with zero attached hydrogens (tertiary/aromatic N) is 1. The van der Waals surface area contributed by atoms with Crippen LogP contribution in [0.4, 0.5) is 0 Å². The van der Waals surface area contributed by atoms with Gasteiger partial charge in [-0.2, -0.15) is 0 Å². The molecule has 1 atom stereocenters. The summed E-state index contributed by atoms with van der Waals surface area (Å²) < 4.78 is 0. The number of hydrogen-bond donors (Lipinski definition) is 0. The topological polar surface area (TPSA) is 26.3 Å². The van der Waals surface area contributed by atoms with Crippen molar-refractivity contribution >= 4 is 23.1 Å². The van der Waals surface area contributed by atoms with Gasteiger partial charge >= 0.3 is 23.1 Å². The summed E-state index contributed by atoms with van der Waals surface area (Å²) in [5.41, 5.74) is 3.06. The van der Waals surface area contributed by atoms with Crippen molar-refractivity contribution in [2.45, 2.75) is 20.1 Å². The van der Waals surface area contributed by atoms with E-state index in [-0.39, 0.29) is 40.0 Å². The van der Waals surface area contributed by atoms with Crippen LogP contribution in [0.3, 0.4) is 0 Å². The molecule has 80 valence electrons. The molecule has 0 amide bonds. The summed E-state index contributed by atoms with van der Waals surface area (Å²) in [7, 11) is 3.62. The molecule has 4 heteroatoms. The zero-order valence-electron chi connectivity index (χ0n) is 9.75. The number of hydrogen-bond acceptors (Lipinski definition) is 2. The molecule has 0 N–H and O–H groups in total. The average Bonchev–Trinajstić information content (AvgIpc) is 2.03. The van der Waals surface area contributed by atoms with Crippen LogP contribution < -0.4 is 22.1 Å². The first-order valence-corrected chi connectivity index (χ1v) is 4.42. The van der Waals surface area contributed by atoms with Crippen molar-refractivity contribution in [3.8, 4) is 0 Å². The van der Waals surface area contributed by atoms with Crippen molar-refractivity contribution in [1.29, 1.82) is 0 Å². The second-order valence-corrected chi connectivity index (χ2v) is 3.62. The second kappa shape index (κ2) is 7.63. The molecule has 0 fully saturated rings. The molecule has 1 rings (SSSR count). The van der Waals surface area contributed by atoms with Crippen LogP contribution in [0, 0.1) is 13.8 Å². The number of halogens is 1. The third-order valence-corrected chi connectivity index (χ3v) is 2.26. The SMILES string of the molecule is Cc1cccc(C)c1C([O-])N(C)C.[Br-].[Mg+2]. The van der Waals surface area contributed by atoms with Crippen LogP contribution in [0.5, 0.6) is 0 Å². The van der Waals surface area contributed by atoms with Crippen LogP contribution in [0.25, 0.3) is 0 Å². The minimum absolute atomic E-state index is 0. The average molecular weight is 282 g/mol. The van der Waals surface area contributed by atoms with Gasteiger partial charge < -0.3 is 27.0 Å². The van der Waals surface area contributed by atoms with Crippen LogP contribution in [-0.4, -0.2) is 42.0 Å². The Morgan fingerprint density at radius 1 is 1.13 bits per heavy atom. The Bertz CT molecular complexity index is 284. The molecule has 0 bridgehead atoms. The largest absolute Gasteiger partial charge is 2.00 e. The molecule has 1 unspecified atom stereocenters. The maximum Gasteiger partial charge on any atom is 2.00 e. The van der Waals surface area contributed by atoms with Gasteiger partial charge in [-0.1, -0.05) is 18.2 Å². The monoisotopic (exact) mass is 281 g/mol. The van der Waals surface area contributed by atoms with Gasteiger partial charge in [-0.3, -0.25) is 0 Å². The zero-order valence-corrected chi connectivity index (χ0v) is 12.8. The van der Waals surface area contributed by atoms with E-state index in [4.69, 9.17) is 0 Å². The van der Waals surface area contributed by atoms with E-state index in [0.29, 0.717) is 0 Å². The molecule has 0 radical (unpaired) electrons. The Labute approximate surface area is 119 Å². The molecular formula is C11H16BrMgNO. The molecule has 1 aromatic carbocycles. The second-order valence-electron chi connectivity index (χ2n) is 3.62. The van der Waals surface area contributed by atoms with Gasteiger partial charge in [-0.15, -0.1) is 0 Å². The molecule has 15 heavy (non-hydrogen) atoms. The third kappa shape index (κ3) is 4.40. The Morgan fingerprint density at radius 2 is 1.53 bits per heavy atom. The van der Waals surface area contributed by atoms with E-state index in [1.165, 1.54) is 0 Å². The van der Waals surface area contributed by atoms with E-state index in [2.05, 4.69) is 0 Å². The molecule has 0 aromatic heterocycles. The van der Waals surface area contributed by atoms with Gasteiger partial charge in [0.05, 0.1) is 0 Å². The fourth-order valence-corrected chi connectivity index (χ4v) is 1.48. The summed E-state index contributed by atoms with van der Waals surface area (Å²) in [6.45, 7) is 3.97. The molecule has 0 heterocycles. The van der Waals surface area contributed by atoms with E-state index in [1.54, 1.807) is 4.90 Å². The van der Waals surface area contributed by atoms with E-state index in [0.717, 1.165) is 16.7 Å². The molecule has 0 saturated heterocycles. The van der Waals surface area contributed by atoms with Gasteiger partial charge in [0.25, 0.3) is 0 Å². The van der Waals surface area contributed by atoms with Crippen molar-refractivity contribution in [2.75, 3.05) is 14.1 Å². The predicted molar refractivity (Wildman–Crippen MR) is 58.1 cm³/mol. The van der Waals surface area contributed by atoms with Crippen LogP contribution in [0.2, 0.25) is 0 Å². The minimum atomic E-state index is -0.749. The summed E-state index contributed by atoms with van der Waals surface area (Å²) >= 11 is 0. The molecular weight excluding hydrogens is 266 g/mol. The van der Waals surface area contributed by atoms with Crippen molar-refractivity contribution in [1.82, 2.24) is 4.90 Å². The molecule has 0 aliphatic heterocycles. The fourth-order valence-electron chi connectivity index (χ4n) is 1.48. The predicted octanol–water partition coefficient (Wildman–Crippen LogP) is -2.15. The van der Waals surface area contributed by atoms with E-state index >= 15 is 0 Å². The summed E-state index contributed by atoms with van der Waals surface area (Å²) in [4.78, 5) is 1.69. The Balaban J connectivity index is 0. The van der Waals surface area contributed by atoms with Crippen molar-refractivity contribution in [2.24, 2.45) is 0 Å². The van der Waals surface area contributed by atoms with Crippen molar-refractivity contribution in [3.05, 3.63) is 34.9 Å². The van der Waals surface area contributed by atoms with Gasteiger partial charge in [0.1, 0.15) is 0 Å². The Hall–Kier alpha value is 0.386. The summed E-state index contributed by atoms with van der Waals surface area (Å²) in [5, 5.41) is 11.8. The summed E-state index contributed by atoms with van der Waals surface area (Å²) in [6.07, 6.45) is -0.749. The van der Waals surface area contributed by atoms with Crippen LogP contribution in [-0.2, 0) is 0 Å². The number of aryl methyl sites for hydroxylation is 2.